The van der Waals surface area contributed by atoms with Gasteiger partial charge in [-0.15, -0.1) is 0 Å². The average molecular weight is 380 g/mol. The third-order valence-electron chi connectivity index (χ3n) is 4.43. The molecular formula is C23H22ClNO2. The van der Waals surface area contributed by atoms with E-state index < -0.39 is 0 Å². The number of hydrogen-bond acceptors (Lipinski definition) is 3. The molecule has 0 radical (unpaired) electrons. The normalized spacial score (nSPS) is 11.7. The predicted molar refractivity (Wildman–Crippen MR) is 111 cm³/mol. The standard InChI is InChI=1S/C23H22ClNO2/c1-16-4-3-5-20(14-16)25-22(17-6-10-19(24)11-7-17)15-23(26)18-8-12-21(27-2)13-9-18/h3-14,22,25H,15H2,1-2H3. The van der Waals surface area contributed by atoms with Gasteiger partial charge in [0, 0.05) is 22.7 Å². The highest BCUT2D eigenvalue weighted by atomic mass is 35.5. The molecule has 0 aromatic heterocycles. The van der Waals surface area contributed by atoms with E-state index in [-0.39, 0.29) is 11.8 Å². The first-order valence-corrected chi connectivity index (χ1v) is 9.19. The number of nitrogens with one attached hydrogen (secondary N) is 1. The Bertz CT molecular complexity index is 904. The zero-order valence-electron chi connectivity index (χ0n) is 15.4. The van der Waals surface area contributed by atoms with Crippen LogP contribution in [0.2, 0.25) is 5.02 Å². The molecule has 0 amide bonds. The van der Waals surface area contributed by atoms with Crippen molar-refractivity contribution in [2.45, 2.75) is 19.4 Å². The molecule has 1 unspecified atom stereocenters. The van der Waals surface area contributed by atoms with Gasteiger partial charge in [0.25, 0.3) is 0 Å². The molecule has 3 aromatic rings. The second kappa shape index (κ2) is 8.74. The quantitative estimate of drug-likeness (QED) is 0.505. The summed E-state index contributed by atoms with van der Waals surface area (Å²) in [5, 5.41) is 4.17. The smallest absolute Gasteiger partial charge is 0.165 e. The van der Waals surface area contributed by atoms with E-state index in [0.29, 0.717) is 17.0 Å². The van der Waals surface area contributed by atoms with E-state index in [0.717, 1.165) is 22.6 Å². The van der Waals surface area contributed by atoms with Crippen LogP contribution in [0.3, 0.4) is 0 Å². The Morgan fingerprint density at radius 2 is 1.74 bits per heavy atom. The van der Waals surface area contributed by atoms with Gasteiger partial charge in [-0.05, 0) is 66.6 Å². The SMILES string of the molecule is COc1ccc(C(=O)CC(Nc2cccc(C)c2)c2ccc(Cl)cc2)cc1. The molecule has 1 N–H and O–H groups in total. The number of carbonyl (C=O) groups excluding carboxylic acids is 1. The van der Waals surface area contributed by atoms with Crippen LogP contribution in [0.15, 0.2) is 72.8 Å². The molecule has 0 aliphatic carbocycles. The summed E-state index contributed by atoms with van der Waals surface area (Å²) >= 11 is 6.03. The maximum atomic E-state index is 12.8. The van der Waals surface area contributed by atoms with Crippen LogP contribution < -0.4 is 10.1 Å². The minimum atomic E-state index is -0.154. The molecular weight excluding hydrogens is 358 g/mol. The van der Waals surface area contributed by atoms with Crippen LogP contribution in [-0.2, 0) is 0 Å². The first kappa shape index (κ1) is 19.0. The fourth-order valence-corrected chi connectivity index (χ4v) is 3.09. The van der Waals surface area contributed by atoms with Crippen molar-refractivity contribution in [3.63, 3.8) is 0 Å². The van der Waals surface area contributed by atoms with Crippen molar-refractivity contribution in [1.82, 2.24) is 0 Å². The van der Waals surface area contributed by atoms with Crippen LogP contribution in [0.4, 0.5) is 5.69 Å². The van der Waals surface area contributed by atoms with E-state index in [1.54, 1.807) is 31.4 Å². The molecule has 0 aliphatic rings. The fraction of sp³-hybridized carbons (Fsp3) is 0.174. The number of hydrogen-bond donors (Lipinski definition) is 1. The van der Waals surface area contributed by atoms with Gasteiger partial charge in [-0.3, -0.25) is 4.79 Å². The summed E-state index contributed by atoms with van der Waals surface area (Å²) in [5.74, 6) is 0.802. The second-order valence-corrected chi connectivity index (χ2v) is 6.91. The zero-order valence-corrected chi connectivity index (χ0v) is 16.2. The number of anilines is 1. The lowest BCUT2D eigenvalue weighted by atomic mass is 9.97. The molecule has 3 nitrogen and oxygen atoms in total. The Morgan fingerprint density at radius 1 is 1.04 bits per heavy atom. The van der Waals surface area contributed by atoms with Crippen molar-refractivity contribution in [3.05, 3.63) is 94.5 Å². The molecule has 0 bridgehead atoms. The number of ether oxygens (including phenoxy) is 1. The number of rotatable bonds is 7. The maximum absolute atomic E-state index is 12.8. The number of methoxy groups -OCH3 is 1. The largest absolute Gasteiger partial charge is 0.497 e. The summed E-state index contributed by atoms with van der Waals surface area (Å²) in [6.07, 6.45) is 0.335. The summed E-state index contributed by atoms with van der Waals surface area (Å²) in [6.45, 7) is 2.05. The minimum Gasteiger partial charge on any atom is -0.497 e. The lowest BCUT2D eigenvalue weighted by molar-refractivity contribution is 0.0976. The van der Waals surface area contributed by atoms with Gasteiger partial charge in [0.15, 0.2) is 5.78 Å². The van der Waals surface area contributed by atoms with Gasteiger partial charge in [-0.25, -0.2) is 0 Å². The average Bonchev–Trinajstić information content (AvgIpc) is 2.68. The van der Waals surface area contributed by atoms with Gasteiger partial charge in [0.05, 0.1) is 13.2 Å². The third-order valence-corrected chi connectivity index (χ3v) is 4.68. The van der Waals surface area contributed by atoms with E-state index in [2.05, 4.69) is 11.4 Å². The Hall–Kier alpha value is -2.78. The van der Waals surface area contributed by atoms with Gasteiger partial charge >= 0.3 is 0 Å². The molecule has 3 aromatic carbocycles. The molecule has 0 fully saturated rings. The molecule has 0 heterocycles. The second-order valence-electron chi connectivity index (χ2n) is 6.47. The fourth-order valence-electron chi connectivity index (χ4n) is 2.96. The topological polar surface area (TPSA) is 38.3 Å². The Balaban J connectivity index is 1.84. The first-order valence-electron chi connectivity index (χ1n) is 8.81. The molecule has 0 saturated heterocycles. The molecule has 0 saturated carbocycles. The van der Waals surface area contributed by atoms with E-state index >= 15 is 0 Å². The van der Waals surface area contributed by atoms with Crippen LogP contribution in [0.5, 0.6) is 5.75 Å². The highest BCUT2D eigenvalue weighted by Gasteiger charge is 2.18. The van der Waals surface area contributed by atoms with E-state index in [1.807, 2.05) is 49.4 Å². The molecule has 138 valence electrons. The van der Waals surface area contributed by atoms with Crippen LogP contribution in [-0.4, -0.2) is 12.9 Å². The van der Waals surface area contributed by atoms with Crippen molar-refractivity contribution >= 4 is 23.1 Å². The zero-order chi connectivity index (χ0) is 19.2. The summed E-state index contributed by atoms with van der Waals surface area (Å²) in [5.41, 5.74) is 3.83. The van der Waals surface area contributed by atoms with E-state index in [1.165, 1.54) is 0 Å². The van der Waals surface area contributed by atoms with E-state index in [9.17, 15) is 4.79 Å². The van der Waals surface area contributed by atoms with E-state index in [4.69, 9.17) is 16.3 Å². The van der Waals surface area contributed by atoms with Gasteiger partial charge in [0.1, 0.15) is 5.75 Å². The van der Waals surface area contributed by atoms with Gasteiger partial charge in [0.2, 0.25) is 0 Å². The summed E-state index contributed by atoms with van der Waals surface area (Å²) in [4.78, 5) is 12.8. The van der Waals surface area contributed by atoms with Crippen LogP contribution in [0, 0.1) is 6.92 Å². The number of aryl methyl sites for hydroxylation is 1. The number of ketones is 1. The molecule has 3 rings (SSSR count). The van der Waals surface area contributed by atoms with Crippen LogP contribution in [0.25, 0.3) is 0 Å². The van der Waals surface area contributed by atoms with Gasteiger partial charge in [-0.2, -0.15) is 0 Å². The lowest BCUT2D eigenvalue weighted by Gasteiger charge is -2.20. The summed E-state index contributed by atoms with van der Waals surface area (Å²) in [6, 6.07) is 22.8. The number of Topliss-reactive ketones (excluding diaryl/α,β-unsaturated/α-hetero) is 1. The minimum absolute atomic E-state index is 0.0674. The number of benzene rings is 3. The van der Waals surface area contributed by atoms with Crippen LogP contribution in [0.1, 0.15) is 33.9 Å². The molecule has 0 aliphatic heterocycles. The Labute approximate surface area is 164 Å². The molecule has 0 spiro atoms. The van der Waals surface area contributed by atoms with Gasteiger partial charge in [-0.1, -0.05) is 35.9 Å². The van der Waals surface area contributed by atoms with Crippen molar-refractivity contribution in [2.75, 3.05) is 12.4 Å². The van der Waals surface area contributed by atoms with Crippen molar-refractivity contribution in [2.24, 2.45) is 0 Å². The third kappa shape index (κ3) is 5.11. The molecule has 1 atom stereocenters. The highest BCUT2D eigenvalue weighted by molar-refractivity contribution is 6.30. The van der Waals surface area contributed by atoms with Crippen molar-refractivity contribution in [3.8, 4) is 5.75 Å². The molecule has 27 heavy (non-hydrogen) atoms. The molecule has 4 heteroatoms. The highest BCUT2D eigenvalue weighted by Crippen LogP contribution is 2.26. The Kier molecular flexibility index (Phi) is 6.15. The predicted octanol–water partition coefficient (Wildman–Crippen LogP) is 6.08. The van der Waals surface area contributed by atoms with Crippen LogP contribution >= 0.6 is 11.6 Å². The summed E-state index contributed by atoms with van der Waals surface area (Å²) < 4.78 is 5.16. The van der Waals surface area contributed by atoms with Crippen molar-refractivity contribution in [1.29, 1.82) is 0 Å². The lowest BCUT2D eigenvalue weighted by Crippen LogP contribution is -2.16. The van der Waals surface area contributed by atoms with Crippen molar-refractivity contribution < 1.29 is 9.53 Å². The summed E-state index contributed by atoms with van der Waals surface area (Å²) in [7, 11) is 1.61. The first-order chi connectivity index (χ1) is 13.0. The Morgan fingerprint density at radius 3 is 2.37 bits per heavy atom. The monoisotopic (exact) mass is 379 g/mol. The maximum Gasteiger partial charge on any atom is 0.165 e. The number of halogens is 1. The number of carbonyl (C=O) groups is 1. The van der Waals surface area contributed by atoms with Gasteiger partial charge < -0.3 is 10.1 Å².